The van der Waals surface area contributed by atoms with Crippen molar-refractivity contribution in [1.82, 2.24) is 4.57 Å². The molecule has 3 unspecified atom stereocenters. The predicted octanol–water partition coefficient (Wildman–Crippen LogP) is 4.71. The lowest BCUT2D eigenvalue weighted by atomic mass is 9.91. The standard InChI is InChI=1S/C24H25FN2O2S/c1-16-6-5-12-27(16)15-18-9-10-19(14-21(18)25)30-23-20(24(26)28)11-13-29-22(23)17-7-3-2-4-8-17/h2-10,12,14,20,22-23H,11,13,15H2,1H3,(H2,26,28). The first-order chi connectivity index (χ1) is 14.5. The van der Waals surface area contributed by atoms with Crippen LogP contribution in [-0.4, -0.2) is 22.3 Å². The average molecular weight is 425 g/mol. The Kier molecular flexibility index (Phi) is 6.25. The van der Waals surface area contributed by atoms with E-state index >= 15 is 0 Å². The van der Waals surface area contributed by atoms with Gasteiger partial charge in [0.1, 0.15) is 5.82 Å². The number of benzene rings is 2. The van der Waals surface area contributed by atoms with Crippen molar-refractivity contribution in [1.29, 1.82) is 0 Å². The molecule has 1 aromatic heterocycles. The SMILES string of the molecule is Cc1cccn1Cc1ccc(SC2C(C(N)=O)CCOC2c2ccccc2)cc1F. The van der Waals surface area contributed by atoms with Crippen molar-refractivity contribution in [3.05, 3.63) is 89.5 Å². The number of hydrogen-bond acceptors (Lipinski definition) is 3. The van der Waals surface area contributed by atoms with Crippen molar-refractivity contribution in [2.75, 3.05) is 6.61 Å². The molecule has 1 saturated heterocycles. The third kappa shape index (κ3) is 4.45. The molecule has 6 heteroatoms. The van der Waals surface area contributed by atoms with Crippen LogP contribution >= 0.6 is 11.8 Å². The minimum absolute atomic E-state index is 0.212. The lowest BCUT2D eigenvalue weighted by molar-refractivity contribution is -0.126. The van der Waals surface area contributed by atoms with Gasteiger partial charge in [0.15, 0.2) is 0 Å². The van der Waals surface area contributed by atoms with Crippen LogP contribution in [0.1, 0.15) is 29.3 Å². The Balaban J connectivity index is 1.58. The van der Waals surface area contributed by atoms with Crippen LogP contribution in [0.2, 0.25) is 0 Å². The second-order valence-corrected chi connectivity index (χ2v) is 8.86. The van der Waals surface area contributed by atoms with Crippen molar-refractivity contribution < 1.29 is 13.9 Å². The second-order valence-electron chi connectivity index (χ2n) is 7.61. The first-order valence-electron chi connectivity index (χ1n) is 10.1. The molecule has 2 heterocycles. The Morgan fingerprint density at radius 3 is 2.67 bits per heavy atom. The average Bonchev–Trinajstić information content (AvgIpc) is 3.15. The second kappa shape index (κ2) is 9.06. The molecular formula is C24H25FN2O2S. The Hall–Kier alpha value is -2.57. The maximum absolute atomic E-state index is 14.9. The highest BCUT2D eigenvalue weighted by Crippen LogP contribution is 2.43. The molecule has 0 saturated carbocycles. The molecule has 30 heavy (non-hydrogen) atoms. The normalized spacial score (nSPS) is 21.5. The number of aryl methyl sites for hydroxylation is 1. The molecule has 2 aromatic carbocycles. The van der Waals surface area contributed by atoms with Crippen molar-refractivity contribution >= 4 is 17.7 Å². The molecule has 0 bridgehead atoms. The number of nitrogens with zero attached hydrogens (tertiary/aromatic N) is 1. The molecule has 3 atom stereocenters. The van der Waals surface area contributed by atoms with Crippen LogP contribution in [0, 0.1) is 18.7 Å². The first kappa shape index (κ1) is 20.7. The maximum Gasteiger partial charge on any atom is 0.221 e. The van der Waals surface area contributed by atoms with Crippen LogP contribution in [-0.2, 0) is 16.1 Å². The number of aromatic nitrogens is 1. The van der Waals surface area contributed by atoms with Crippen LogP contribution in [0.4, 0.5) is 4.39 Å². The molecule has 1 fully saturated rings. The van der Waals surface area contributed by atoms with Crippen molar-refractivity contribution in [3.8, 4) is 0 Å². The molecule has 2 N–H and O–H groups in total. The summed E-state index contributed by atoms with van der Waals surface area (Å²) >= 11 is 1.47. The number of primary amides is 1. The summed E-state index contributed by atoms with van der Waals surface area (Å²) in [5, 5.41) is -0.212. The molecule has 156 valence electrons. The third-order valence-electron chi connectivity index (χ3n) is 5.61. The molecule has 1 aliphatic heterocycles. The van der Waals surface area contributed by atoms with Crippen LogP contribution in [0.5, 0.6) is 0 Å². The van der Waals surface area contributed by atoms with Gasteiger partial charge in [0.25, 0.3) is 0 Å². The smallest absolute Gasteiger partial charge is 0.221 e. The molecule has 1 aliphatic rings. The molecule has 4 rings (SSSR count). The van der Waals surface area contributed by atoms with Gasteiger partial charge in [-0.15, -0.1) is 11.8 Å². The topological polar surface area (TPSA) is 57.2 Å². The summed E-state index contributed by atoms with van der Waals surface area (Å²) in [5.41, 5.74) is 8.43. The number of hydrogen-bond donors (Lipinski definition) is 1. The van der Waals surface area contributed by atoms with Gasteiger partial charge in [-0.1, -0.05) is 36.4 Å². The number of carbonyl (C=O) groups is 1. The number of ether oxygens (including phenoxy) is 1. The number of thioether (sulfide) groups is 1. The lowest BCUT2D eigenvalue weighted by Crippen LogP contribution is -2.40. The highest BCUT2D eigenvalue weighted by Gasteiger charge is 2.39. The fourth-order valence-corrected chi connectivity index (χ4v) is 5.34. The van der Waals surface area contributed by atoms with E-state index in [0.717, 1.165) is 16.2 Å². The predicted molar refractivity (Wildman–Crippen MR) is 117 cm³/mol. The van der Waals surface area contributed by atoms with Crippen molar-refractivity contribution in [2.45, 2.75) is 36.1 Å². The summed E-state index contributed by atoms with van der Waals surface area (Å²) in [4.78, 5) is 12.9. The van der Waals surface area contributed by atoms with E-state index in [-0.39, 0.29) is 29.0 Å². The molecule has 0 radical (unpaired) electrons. The highest BCUT2D eigenvalue weighted by atomic mass is 32.2. The molecular weight excluding hydrogens is 399 g/mol. The Bertz CT molecular complexity index is 1020. The van der Waals surface area contributed by atoms with Crippen molar-refractivity contribution in [2.24, 2.45) is 11.7 Å². The molecule has 4 nitrogen and oxygen atoms in total. The number of rotatable bonds is 6. The van der Waals surface area contributed by atoms with E-state index in [4.69, 9.17) is 10.5 Å². The van der Waals surface area contributed by atoms with E-state index in [2.05, 4.69) is 0 Å². The maximum atomic E-state index is 14.9. The molecule has 3 aromatic rings. The van der Waals surface area contributed by atoms with Gasteiger partial charge in [0.2, 0.25) is 5.91 Å². The van der Waals surface area contributed by atoms with Gasteiger partial charge in [-0.2, -0.15) is 0 Å². The lowest BCUT2D eigenvalue weighted by Gasteiger charge is -2.36. The van der Waals surface area contributed by atoms with Crippen molar-refractivity contribution in [3.63, 3.8) is 0 Å². The zero-order valence-electron chi connectivity index (χ0n) is 16.8. The molecule has 0 aliphatic carbocycles. The highest BCUT2D eigenvalue weighted by molar-refractivity contribution is 8.00. The minimum atomic E-state index is -0.336. The van der Waals surface area contributed by atoms with Gasteiger partial charge in [-0.3, -0.25) is 4.79 Å². The van der Waals surface area contributed by atoms with Crippen LogP contribution in [0.3, 0.4) is 0 Å². The molecule has 0 spiro atoms. The van der Waals surface area contributed by atoms with E-state index in [1.807, 2.05) is 72.3 Å². The zero-order chi connectivity index (χ0) is 21.1. The van der Waals surface area contributed by atoms with Gasteiger partial charge in [0.05, 0.1) is 23.8 Å². The summed E-state index contributed by atoms with van der Waals surface area (Å²) in [6, 6.07) is 19.1. The van der Waals surface area contributed by atoms with Gasteiger partial charge in [-0.25, -0.2) is 4.39 Å². The number of halogens is 1. The molecule has 1 amide bonds. The Morgan fingerprint density at radius 1 is 1.20 bits per heavy atom. The number of carbonyl (C=O) groups excluding carboxylic acids is 1. The van der Waals surface area contributed by atoms with Crippen LogP contribution < -0.4 is 5.73 Å². The summed E-state index contributed by atoms with van der Waals surface area (Å²) in [5.74, 6) is -0.923. The van der Waals surface area contributed by atoms with Crippen LogP contribution in [0.15, 0.2) is 71.8 Å². The summed E-state index contributed by atoms with van der Waals surface area (Å²) in [6.07, 6.45) is 2.25. The Labute approximate surface area is 180 Å². The quantitative estimate of drug-likeness (QED) is 0.624. The van der Waals surface area contributed by atoms with E-state index in [1.54, 1.807) is 6.07 Å². The fraction of sp³-hybridized carbons (Fsp3) is 0.292. The Morgan fingerprint density at radius 2 is 2.00 bits per heavy atom. The number of nitrogens with two attached hydrogens (primary N) is 1. The first-order valence-corrected chi connectivity index (χ1v) is 10.9. The largest absolute Gasteiger partial charge is 0.372 e. The fourth-order valence-electron chi connectivity index (χ4n) is 3.92. The summed E-state index contributed by atoms with van der Waals surface area (Å²) in [7, 11) is 0. The van der Waals surface area contributed by atoms with E-state index in [0.29, 0.717) is 25.1 Å². The van der Waals surface area contributed by atoms with E-state index < -0.39 is 0 Å². The van der Waals surface area contributed by atoms with E-state index in [1.165, 1.54) is 11.8 Å². The van der Waals surface area contributed by atoms with Gasteiger partial charge >= 0.3 is 0 Å². The van der Waals surface area contributed by atoms with E-state index in [9.17, 15) is 9.18 Å². The van der Waals surface area contributed by atoms with Gasteiger partial charge < -0.3 is 15.0 Å². The number of amides is 1. The van der Waals surface area contributed by atoms with Gasteiger partial charge in [0, 0.05) is 29.0 Å². The minimum Gasteiger partial charge on any atom is -0.372 e. The zero-order valence-corrected chi connectivity index (χ0v) is 17.6. The third-order valence-corrected chi connectivity index (χ3v) is 6.98. The monoisotopic (exact) mass is 424 g/mol. The van der Waals surface area contributed by atoms with Crippen LogP contribution in [0.25, 0.3) is 0 Å². The van der Waals surface area contributed by atoms with Gasteiger partial charge in [-0.05, 0) is 43.2 Å². The summed E-state index contributed by atoms with van der Waals surface area (Å²) in [6.45, 7) is 2.96. The summed E-state index contributed by atoms with van der Waals surface area (Å²) < 4.78 is 22.9.